The molecule has 0 amide bonds. The van der Waals surface area contributed by atoms with Crippen LogP contribution in [-0.4, -0.2) is 19.0 Å². The Bertz CT molecular complexity index is 173. The highest BCUT2D eigenvalue weighted by atomic mass is 16.5. The van der Waals surface area contributed by atoms with Crippen molar-refractivity contribution in [2.24, 2.45) is 5.92 Å². The second kappa shape index (κ2) is 7.86. The van der Waals surface area contributed by atoms with Crippen LogP contribution >= 0.6 is 0 Å². The van der Waals surface area contributed by atoms with Gasteiger partial charge in [-0.15, -0.1) is 0 Å². The van der Waals surface area contributed by atoms with Crippen LogP contribution in [0.5, 0.6) is 0 Å². The van der Waals surface area contributed by atoms with Gasteiger partial charge in [0, 0.05) is 12.5 Å². The fourth-order valence-corrected chi connectivity index (χ4v) is 1.68. The molecular weight excluding hydrogens is 188 g/mol. The van der Waals surface area contributed by atoms with Gasteiger partial charge in [-0.2, -0.15) is 0 Å². The third-order valence-corrected chi connectivity index (χ3v) is 2.92. The Morgan fingerprint density at radius 3 is 2.47 bits per heavy atom. The van der Waals surface area contributed by atoms with Gasteiger partial charge >= 0.3 is 0 Å². The molecule has 0 heterocycles. The number of rotatable bonds is 10. The number of ether oxygens (including phenoxy) is 1. The first kappa shape index (κ1) is 12.7. The molecule has 0 saturated heterocycles. The third-order valence-electron chi connectivity index (χ3n) is 2.92. The Morgan fingerprint density at radius 1 is 1.13 bits per heavy atom. The molecule has 1 fully saturated rings. The quantitative estimate of drug-likeness (QED) is 0.519. The number of ketones is 1. The minimum Gasteiger partial charge on any atom is -0.374 e. The summed E-state index contributed by atoms with van der Waals surface area (Å²) in [6, 6.07) is 0. The summed E-state index contributed by atoms with van der Waals surface area (Å²) in [5, 5.41) is 0. The fraction of sp³-hybridized carbons (Fsp3) is 0.923. The highest BCUT2D eigenvalue weighted by Crippen LogP contribution is 2.29. The molecule has 88 valence electrons. The van der Waals surface area contributed by atoms with Gasteiger partial charge in [0.15, 0.2) is 5.78 Å². The van der Waals surface area contributed by atoms with Crippen molar-refractivity contribution in [2.75, 3.05) is 13.2 Å². The Balaban J connectivity index is 1.74. The maximum Gasteiger partial charge on any atom is 0.161 e. The first-order valence-electron chi connectivity index (χ1n) is 6.45. The number of hydrogen-bond donors (Lipinski definition) is 0. The first-order chi connectivity index (χ1) is 7.34. The Morgan fingerprint density at radius 2 is 1.80 bits per heavy atom. The molecule has 0 aliphatic heterocycles. The van der Waals surface area contributed by atoms with Crippen LogP contribution < -0.4 is 0 Å². The predicted octanol–water partition coefficient (Wildman–Crippen LogP) is 3.34. The summed E-state index contributed by atoms with van der Waals surface area (Å²) in [5.41, 5.74) is 0. The van der Waals surface area contributed by atoms with Crippen LogP contribution in [0.4, 0.5) is 0 Å². The van der Waals surface area contributed by atoms with E-state index in [2.05, 4.69) is 6.92 Å². The molecule has 0 aromatic heterocycles. The first-order valence-corrected chi connectivity index (χ1v) is 6.45. The molecule has 0 unspecified atom stereocenters. The molecular formula is C13H24O2. The zero-order valence-electron chi connectivity index (χ0n) is 9.96. The molecule has 15 heavy (non-hydrogen) atoms. The average molecular weight is 212 g/mol. The van der Waals surface area contributed by atoms with E-state index in [0.717, 1.165) is 25.9 Å². The van der Waals surface area contributed by atoms with Crippen LogP contribution in [0.2, 0.25) is 0 Å². The van der Waals surface area contributed by atoms with Crippen molar-refractivity contribution in [3.05, 3.63) is 0 Å². The molecule has 0 spiro atoms. The van der Waals surface area contributed by atoms with Gasteiger partial charge in [0.1, 0.15) is 6.61 Å². The zero-order chi connectivity index (χ0) is 10.9. The SMILES string of the molecule is CCCCCCCCOCC(=O)C1CC1. The summed E-state index contributed by atoms with van der Waals surface area (Å²) >= 11 is 0. The number of carbonyl (C=O) groups is 1. The molecule has 1 rings (SSSR count). The number of unbranched alkanes of at least 4 members (excludes halogenated alkanes) is 5. The van der Waals surface area contributed by atoms with Crippen LogP contribution in [-0.2, 0) is 9.53 Å². The van der Waals surface area contributed by atoms with Crippen molar-refractivity contribution in [2.45, 2.75) is 58.3 Å². The summed E-state index contributed by atoms with van der Waals surface area (Å²) in [6.45, 7) is 3.36. The molecule has 0 N–H and O–H groups in total. The van der Waals surface area contributed by atoms with Gasteiger partial charge in [-0.25, -0.2) is 0 Å². The van der Waals surface area contributed by atoms with E-state index in [1.54, 1.807) is 0 Å². The lowest BCUT2D eigenvalue weighted by molar-refractivity contribution is -0.124. The minimum atomic E-state index is 0.320. The minimum absolute atomic E-state index is 0.320. The molecule has 2 nitrogen and oxygen atoms in total. The van der Waals surface area contributed by atoms with E-state index >= 15 is 0 Å². The predicted molar refractivity (Wildman–Crippen MR) is 61.9 cm³/mol. The molecule has 0 aromatic rings. The molecule has 1 aliphatic carbocycles. The van der Waals surface area contributed by atoms with E-state index < -0.39 is 0 Å². The summed E-state index contributed by atoms with van der Waals surface area (Å²) in [5.74, 6) is 0.676. The molecule has 0 atom stereocenters. The van der Waals surface area contributed by atoms with Crippen LogP contribution in [0.25, 0.3) is 0 Å². The molecule has 1 aliphatic rings. The van der Waals surface area contributed by atoms with Crippen molar-refractivity contribution in [1.29, 1.82) is 0 Å². The number of Topliss-reactive ketones (excluding diaryl/α,β-unsaturated/α-hetero) is 1. The Hall–Kier alpha value is -0.370. The average Bonchev–Trinajstić information content (AvgIpc) is 3.05. The van der Waals surface area contributed by atoms with Gasteiger partial charge in [-0.1, -0.05) is 39.0 Å². The highest BCUT2D eigenvalue weighted by Gasteiger charge is 2.28. The maximum absolute atomic E-state index is 11.3. The largest absolute Gasteiger partial charge is 0.374 e. The second-order valence-electron chi connectivity index (χ2n) is 4.56. The summed E-state index contributed by atoms with van der Waals surface area (Å²) in [7, 11) is 0. The molecule has 0 radical (unpaired) electrons. The maximum atomic E-state index is 11.3. The summed E-state index contributed by atoms with van der Waals surface area (Å²) < 4.78 is 5.35. The van der Waals surface area contributed by atoms with E-state index in [1.807, 2.05) is 0 Å². The normalized spacial score (nSPS) is 15.5. The lowest BCUT2D eigenvalue weighted by Crippen LogP contribution is -2.10. The standard InChI is InChI=1S/C13H24O2/c1-2-3-4-5-6-7-10-15-11-13(14)12-8-9-12/h12H,2-11H2,1H3. The lowest BCUT2D eigenvalue weighted by Gasteiger charge is -2.03. The topological polar surface area (TPSA) is 26.3 Å². The van der Waals surface area contributed by atoms with Crippen molar-refractivity contribution in [3.8, 4) is 0 Å². The molecule has 1 saturated carbocycles. The van der Waals surface area contributed by atoms with E-state index in [0.29, 0.717) is 18.3 Å². The third kappa shape index (κ3) is 6.67. The van der Waals surface area contributed by atoms with Gasteiger partial charge in [0.25, 0.3) is 0 Å². The van der Waals surface area contributed by atoms with Crippen molar-refractivity contribution >= 4 is 5.78 Å². The van der Waals surface area contributed by atoms with E-state index in [-0.39, 0.29) is 0 Å². The van der Waals surface area contributed by atoms with Crippen molar-refractivity contribution in [3.63, 3.8) is 0 Å². The van der Waals surface area contributed by atoms with Gasteiger partial charge in [0.05, 0.1) is 0 Å². The van der Waals surface area contributed by atoms with E-state index in [9.17, 15) is 4.79 Å². The Labute approximate surface area is 93.4 Å². The van der Waals surface area contributed by atoms with Crippen LogP contribution in [0, 0.1) is 5.92 Å². The smallest absolute Gasteiger partial charge is 0.161 e. The van der Waals surface area contributed by atoms with Gasteiger partial charge in [-0.05, 0) is 19.3 Å². The highest BCUT2D eigenvalue weighted by molar-refractivity contribution is 5.84. The van der Waals surface area contributed by atoms with Crippen LogP contribution in [0.3, 0.4) is 0 Å². The second-order valence-corrected chi connectivity index (χ2v) is 4.56. The Kier molecular flexibility index (Phi) is 6.66. The van der Waals surface area contributed by atoms with Gasteiger partial charge in [0.2, 0.25) is 0 Å². The van der Waals surface area contributed by atoms with Crippen molar-refractivity contribution in [1.82, 2.24) is 0 Å². The van der Waals surface area contributed by atoms with Gasteiger partial charge in [-0.3, -0.25) is 4.79 Å². The molecule has 0 bridgehead atoms. The molecule has 0 aromatic carbocycles. The molecule has 2 heteroatoms. The lowest BCUT2D eigenvalue weighted by atomic mass is 10.1. The van der Waals surface area contributed by atoms with Gasteiger partial charge < -0.3 is 4.74 Å². The van der Waals surface area contributed by atoms with Crippen LogP contribution in [0.1, 0.15) is 58.3 Å². The van der Waals surface area contributed by atoms with E-state index in [1.165, 1.54) is 32.1 Å². The zero-order valence-corrected chi connectivity index (χ0v) is 9.96. The number of hydrogen-bond acceptors (Lipinski definition) is 2. The van der Waals surface area contributed by atoms with Crippen molar-refractivity contribution < 1.29 is 9.53 Å². The van der Waals surface area contributed by atoms with E-state index in [4.69, 9.17) is 4.74 Å². The van der Waals surface area contributed by atoms with Crippen LogP contribution in [0.15, 0.2) is 0 Å². The fourth-order valence-electron chi connectivity index (χ4n) is 1.68. The number of carbonyl (C=O) groups excluding carboxylic acids is 1. The summed E-state index contributed by atoms with van der Waals surface area (Å²) in [6.07, 6.45) is 9.86. The monoisotopic (exact) mass is 212 g/mol. The summed E-state index contributed by atoms with van der Waals surface area (Å²) in [4.78, 5) is 11.3.